The molecule has 1 heterocycles. The molecule has 0 saturated carbocycles. The molecule has 0 bridgehead atoms. The number of nitrogens with one attached hydrogen (secondary N) is 1. The molecule has 4 heteroatoms. The number of amides is 1. The van der Waals surface area contributed by atoms with Crippen molar-refractivity contribution < 1.29 is 4.79 Å². The standard InChI is InChI=1S/C11H18N2OS/c1-4-5-7(2)13-11(14)10-6-9(12)8(3)15-10/h6-7H,4-5,12H2,1-3H3,(H,13,14). The fourth-order valence-corrected chi connectivity index (χ4v) is 2.25. The molecule has 0 radical (unpaired) electrons. The fourth-order valence-electron chi connectivity index (χ4n) is 1.41. The second-order valence-electron chi connectivity index (χ2n) is 3.79. The molecule has 0 fully saturated rings. The Bertz CT molecular complexity index is 327. The molecule has 84 valence electrons. The first kappa shape index (κ1) is 12.0. The molecule has 15 heavy (non-hydrogen) atoms. The third kappa shape index (κ3) is 3.23. The van der Waals surface area contributed by atoms with Crippen LogP contribution in [0.4, 0.5) is 5.69 Å². The number of anilines is 1. The summed E-state index contributed by atoms with van der Waals surface area (Å²) in [7, 11) is 0. The van der Waals surface area contributed by atoms with Crippen LogP contribution in [0, 0.1) is 6.92 Å². The summed E-state index contributed by atoms with van der Waals surface area (Å²) in [5.74, 6) is -0.0132. The summed E-state index contributed by atoms with van der Waals surface area (Å²) in [6.45, 7) is 6.05. The Morgan fingerprint density at radius 1 is 1.67 bits per heavy atom. The van der Waals surface area contributed by atoms with Crippen LogP contribution in [-0.4, -0.2) is 11.9 Å². The Balaban J connectivity index is 2.61. The lowest BCUT2D eigenvalue weighted by atomic mass is 10.2. The highest BCUT2D eigenvalue weighted by atomic mass is 32.1. The van der Waals surface area contributed by atoms with Gasteiger partial charge in [-0.15, -0.1) is 11.3 Å². The number of rotatable bonds is 4. The predicted octanol–water partition coefficient (Wildman–Crippen LogP) is 2.56. The van der Waals surface area contributed by atoms with Crippen molar-refractivity contribution in [1.82, 2.24) is 5.32 Å². The van der Waals surface area contributed by atoms with Gasteiger partial charge in [0.1, 0.15) is 0 Å². The molecular weight excluding hydrogens is 208 g/mol. The maximum atomic E-state index is 11.7. The van der Waals surface area contributed by atoms with E-state index in [1.54, 1.807) is 6.07 Å². The van der Waals surface area contributed by atoms with E-state index in [9.17, 15) is 4.79 Å². The van der Waals surface area contributed by atoms with Crippen LogP contribution in [0.5, 0.6) is 0 Å². The highest BCUT2D eigenvalue weighted by Gasteiger charge is 2.12. The van der Waals surface area contributed by atoms with Gasteiger partial charge in [-0.25, -0.2) is 0 Å². The minimum Gasteiger partial charge on any atom is -0.398 e. The SMILES string of the molecule is CCCC(C)NC(=O)c1cc(N)c(C)s1. The Morgan fingerprint density at radius 3 is 2.80 bits per heavy atom. The minimum atomic E-state index is -0.0132. The highest BCUT2D eigenvalue weighted by Crippen LogP contribution is 2.23. The quantitative estimate of drug-likeness (QED) is 0.829. The lowest BCUT2D eigenvalue weighted by molar-refractivity contribution is 0.0942. The van der Waals surface area contributed by atoms with E-state index in [0.717, 1.165) is 17.7 Å². The van der Waals surface area contributed by atoms with Crippen LogP contribution in [0.15, 0.2) is 6.07 Å². The van der Waals surface area contributed by atoms with Gasteiger partial charge in [-0.1, -0.05) is 13.3 Å². The molecule has 3 N–H and O–H groups in total. The smallest absolute Gasteiger partial charge is 0.261 e. The van der Waals surface area contributed by atoms with E-state index in [0.29, 0.717) is 10.6 Å². The van der Waals surface area contributed by atoms with Gasteiger partial charge in [-0.05, 0) is 26.3 Å². The van der Waals surface area contributed by atoms with Crippen molar-refractivity contribution in [3.8, 4) is 0 Å². The lowest BCUT2D eigenvalue weighted by Crippen LogP contribution is -2.31. The molecule has 0 spiro atoms. The molecule has 1 amide bonds. The Hall–Kier alpha value is -1.03. The average molecular weight is 226 g/mol. The first-order valence-electron chi connectivity index (χ1n) is 5.21. The predicted molar refractivity (Wildman–Crippen MR) is 65.3 cm³/mol. The molecule has 0 saturated heterocycles. The molecular formula is C11H18N2OS. The Kier molecular flexibility index (Phi) is 4.15. The highest BCUT2D eigenvalue weighted by molar-refractivity contribution is 7.14. The minimum absolute atomic E-state index is 0.0132. The summed E-state index contributed by atoms with van der Waals surface area (Å²) in [6, 6.07) is 1.97. The zero-order valence-corrected chi connectivity index (χ0v) is 10.3. The van der Waals surface area contributed by atoms with Gasteiger partial charge in [0.05, 0.1) is 4.88 Å². The molecule has 0 aromatic carbocycles. The van der Waals surface area contributed by atoms with E-state index >= 15 is 0 Å². The summed E-state index contributed by atoms with van der Waals surface area (Å²) in [5, 5.41) is 2.95. The van der Waals surface area contributed by atoms with E-state index in [1.165, 1.54) is 11.3 Å². The van der Waals surface area contributed by atoms with Gasteiger partial charge in [-0.3, -0.25) is 4.79 Å². The van der Waals surface area contributed by atoms with Crippen molar-refractivity contribution in [3.05, 3.63) is 15.8 Å². The molecule has 1 aromatic rings. The Labute approximate surface area is 94.7 Å². The monoisotopic (exact) mass is 226 g/mol. The molecule has 0 aliphatic carbocycles. The number of carbonyl (C=O) groups is 1. The van der Waals surface area contributed by atoms with Crippen LogP contribution in [0.25, 0.3) is 0 Å². The second-order valence-corrected chi connectivity index (χ2v) is 5.04. The molecule has 1 rings (SSSR count). The van der Waals surface area contributed by atoms with E-state index in [1.807, 2.05) is 13.8 Å². The molecule has 1 unspecified atom stereocenters. The average Bonchev–Trinajstić information content (AvgIpc) is 2.47. The molecule has 3 nitrogen and oxygen atoms in total. The zero-order chi connectivity index (χ0) is 11.4. The van der Waals surface area contributed by atoms with Crippen molar-refractivity contribution in [2.45, 2.75) is 39.7 Å². The van der Waals surface area contributed by atoms with Crippen molar-refractivity contribution >= 4 is 22.9 Å². The summed E-state index contributed by atoms with van der Waals surface area (Å²) in [6.07, 6.45) is 2.08. The van der Waals surface area contributed by atoms with E-state index in [4.69, 9.17) is 5.73 Å². The van der Waals surface area contributed by atoms with Crippen molar-refractivity contribution in [1.29, 1.82) is 0 Å². The van der Waals surface area contributed by atoms with Gasteiger partial charge in [-0.2, -0.15) is 0 Å². The van der Waals surface area contributed by atoms with E-state index in [-0.39, 0.29) is 11.9 Å². The van der Waals surface area contributed by atoms with Gasteiger partial charge in [0, 0.05) is 16.6 Å². The maximum Gasteiger partial charge on any atom is 0.261 e. The van der Waals surface area contributed by atoms with Gasteiger partial charge in [0.25, 0.3) is 5.91 Å². The van der Waals surface area contributed by atoms with Crippen LogP contribution in [0.2, 0.25) is 0 Å². The zero-order valence-electron chi connectivity index (χ0n) is 9.46. The molecule has 0 aliphatic heterocycles. The maximum absolute atomic E-state index is 11.7. The van der Waals surface area contributed by atoms with E-state index in [2.05, 4.69) is 12.2 Å². The number of thiophene rings is 1. The number of hydrogen-bond donors (Lipinski definition) is 2. The van der Waals surface area contributed by atoms with Crippen LogP contribution in [0.1, 0.15) is 41.2 Å². The number of carbonyl (C=O) groups excluding carboxylic acids is 1. The lowest BCUT2D eigenvalue weighted by Gasteiger charge is -2.11. The Morgan fingerprint density at radius 2 is 2.33 bits per heavy atom. The molecule has 1 aromatic heterocycles. The summed E-state index contributed by atoms with van der Waals surface area (Å²) >= 11 is 1.45. The van der Waals surface area contributed by atoms with Crippen LogP contribution >= 0.6 is 11.3 Å². The second kappa shape index (κ2) is 5.16. The van der Waals surface area contributed by atoms with Crippen LogP contribution in [-0.2, 0) is 0 Å². The topological polar surface area (TPSA) is 55.1 Å². The number of aryl methyl sites for hydroxylation is 1. The summed E-state index contributed by atoms with van der Waals surface area (Å²) < 4.78 is 0. The molecule has 1 atom stereocenters. The fraction of sp³-hybridized carbons (Fsp3) is 0.545. The number of nitrogens with two attached hydrogens (primary N) is 1. The van der Waals surface area contributed by atoms with Gasteiger partial charge in [0.15, 0.2) is 0 Å². The molecule has 0 aliphatic rings. The largest absolute Gasteiger partial charge is 0.398 e. The van der Waals surface area contributed by atoms with E-state index < -0.39 is 0 Å². The third-order valence-corrected chi connectivity index (χ3v) is 3.34. The number of nitrogen functional groups attached to an aromatic ring is 1. The van der Waals surface area contributed by atoms with Crippen molar-refractivity contribution in [2.24, 2.45) is 0 Å². The summed E-state index contributed by atoms with van der Waals surface area (Å²) in [5.41, 5.74) is 6.40. The number of hydrogen-bond acceptors (Lipinski definition) is 3. The third-order valence-electron chi connectivity index (χ3n) is 2.28. The summed E-state index contributed by atoms with van der Waals surface area (Å²) in [4.78, 5) is 13.4. The first-order valence-corrected chi connectivity index (χ1v) is 6.03. The van der Waals surface area contributed by atoms with Gasteiger partial charge >= 0.3 is 0 Å². The van der Waals surface area contributed by atoms with Gasteiger partial charge < -0.3 is 11.1 Å². The van der Waals surface area contributed by atoms with Gasteiger partial charge in [0.2, 0.25) is 0 Å². The normalized spacial score (nSPS) is 12.5. The van der Waals surface area contributed by atoms with Crippen molar-refractivity contribution in [2.75, 3.05) is 5.73 Å². The van der Waals surface area contributed by atoms with Crippen LogP contribution < -0.4 is 11.1 Å². The van der Waals surface area contributed by atoms with Crippen molar-refractivity contribution in [3.63, 3.8) is 0 Å². The first-order chi connectivity index (χ1) is 7.04. The van der Waals surface area contributed by atoms with Crippen LogP contribution in [0.3, 0.4) is 0 Å².